The minimum Gasteiger partial charge on any atom is -0.493 e. The third-order valence-corrected chi connectivity index (χ3v) is 4.10. The number of ether oxygens (including phenoxy) is 2. The molecule has 6 heteroatoms. The number of hydrogen-bond acceptors (Lipinski definition) is 5. The van der Waals surface area contributed by atoms with Crippen LogP contribution >= 0.6 is 0 Å². The van der Waals surface area contributed by atoms with Crippen LogP contribution in [-0.2, 0) is 13.0 Å². The van der Waals surface area contributed by atoms with E-state index >= 15 is 0 Å². The van der Waals surface area contributed by atoms with Gasteiger partial charge in [0.1, 0.15) is 11.4 Å². The van der Waals surface area contributed by atoms with Gasteiger partial charge in [-0.1, -0.05) is 17.3 Å². The molecule has 0 saturated carbocycles. The molecule has 24 heavy (non-hydrogen) atoms. The van der Waals surface area contributed by atoms with E-state index in [-0.39, 0.29) is 0 Å². The van der Waals surface area contributed by atoms with Crippen molar-refractivity contribution in [3.63, 3.8) is 0 Å². The monoisotopic (exact) mass is 322 g/mol. The zero-order valence-electron chi connectivity index (χ0n) is 13.5. The van der Waals surface area contributed by atoms with Gasteiger partial charge in [-0.25, -0.2) is 9.67 Å². The van der Waals surface area contributed by atoms with Crippen molar-refractivity contribution >= 4 is 0 Å². The lowest BCUT2D eigenvalue weighted by Crippen LogP contribution is -2.09. The average molecular weight is 322 g/mol. The van der Waals surface area contributed by atoms with Gasteiger partial charge in [0, 0.05) is 17.8 Å². The minimum absolute atomic E-state index is 0.586. The number of aryl methyl sites for hydroxylation is 1. The molecule has 0 unspecified atom stereocenters. The second-order valence-corrected chi connectivity index (χ2v) is 5.78. The molecule has 0 aliphatic carbocycles. The molecular formula is C18H18N4O2. The Morgan fingerprint density at radius 1 is 1.25 bits per heavy atom. The molecule has 0 fully saturated rings. The lowest BCUT2D eigenvalue weighted by atomic mass is 10.0. The van der Waals surface area contributed by atoms with E-state index in [2.05, 4.69) is 33.5 Å². The Balaban J connectivity index is 1.52. The zero-order chi connectivity index (χ0) is 16.4. The van der Waals surface area contributed by atoms with Gasteiger partial charge in [-0.2, -0.15) is 0 Å². The number of aromatic nitrogens is 4. The summed E-state index contributed by atoms with van der Waals surface area (Å²) in [6.07, 6.45) is 5.82. The van der Waals surface area contributed by atoms with Crippen LogP contribution in [0.2, 0.25) is 0 Å². The van der Waals surface area contributed by atoms with E-state index in [1.807, 2.05) is 23.0 Å². The van der Waals surface area contributed by atoms with Gasteiger partial charge in [0.15, 0.2) is 0 Å². The summed E-state index contributed by atoms with van der Waals surface area (Å²) >= 11 is 0. The SMILES string of the molecule is COc1ccc(-c2cn(Cc3ccc4c(c3)CCCO4)nn2)cn1. The van der Waals surface area contributed by atoms with Crippen LogP contribution in [0.1, 0.15) is 17.5 Å². The fourth-order valence-electron chi connectivity index (χ4n) is 2.86. The van der Waals surface area contributed by atoms with E-state index in [1.165, 1.54) is 11.1 Å². The van der Waals surface area contributed by atoms with Crippen molar-refractivity contribution in [2.45, 2.75) is 19.4 Å². The molecule has 0 saturated heterocycles. The summed E-state index contributed by atoms with van der Waals surface area (Å²) in [5, 5.41) is 8.45. The average Bonchev–Trinajstić information content (AvgIpc) is 3.10. The fourth-order valence-corrected chi connectivity index (χ4v) is 2.86. The van der Waals surface area contributed by atoms with Crippen LogP contribution in [0, 0.1) is 0 Å². The van der Waals surface area contributed by atoms with Crippen molar-refractivity contribution in [3.05, 3.63) is 53.9 Å². The van der Waals surface area contributed by atoms with Crippen LogP contribution in [0.25, 0.3) is 11.3 Å². The van der Waals surface area contributed by atoms with Crippen molar-refractivity contribution in [2.24, 2.45) is 0 Å². The molecule has 0 atom stereocenters. The Morgan fingerprint density at radius 3 is 3.04 bits per heavy atom. The van der Waals surface area contributed by atoms with E-state index in [0.717, 1.165) is 36.5 Å². The number of pyridine rings is 1. The second-order valence-electron chi connectivity index (χ2n) is 5.78. The smallest absolute Gasteiger partial charge is 0.212 e. The van der Waals surface area contributed by atoms with Crippen LogP contribution in [0.5, 0.6) is 11.6 Å². The number of fused-ring (bicyclic) bond motifs is 1. The topological polar surface area (TPSA) is 62.1 Å². The molecule has 0 spiro atoms. The lowest BCUT2D eigenvalue weighted by Gasteiger charge is -2.17. The normalized spacial score (nSPS) is 13.2. The molecule has 2 aromatic heterocycles. The lowest BCUT2D eigenvalue weighted by molar-refractivity contribution is 0.288. The molecule has 1 aliphatic rings. The number of hydrogen-bond donors (Lipinski definition) is 0. The molecule has 1 aliphatic heterocycles. The Bertz CT molecular complexity index is 842. The summed E-state index contributed by atoms with van der Waals surface area (Å²) in [6, 6.07) is 10.1. The van der Waals surface area contributed by atoms with Gasteiger partial charge >= 0.3 is 0 Å². The van der Waals surface area contributed by atoms with E-state index in [0.29, 0.717) is 12.4 Å². The number of rotatable bonds is 4. The number of methoxy groups -OCH3 is 1. The van der Waals surface area contributed by atoms with Crippen LogP contribution in [-0.4, -0.2) is 33.7 Å². The third kappa shape index (κ3) is 2.95. The Kier molecular flexibility index (Phi) is 3.86. The van der Waals surface area contributed by atoms with Crippen LogP contribution < -0.4 is 9.47 Å². The quantitative estimate of drug-likeness (QED) is 0.739. The summed E-state index contributed by atoms with van der Waals surface area (Å²) in [4.78, 5) is 4.20. The van der Waals surface area contributed by atoms with Crippen LogP contribution in [0.4, 0.5) is 0 Å². The van der Waals surface area contributed by atoms with Crippen LogP contribution in [0.15, 0.2) is 42.7 Å². The van der Waals surface area contributed by atoms with Gasteiger partial charge in [0.05, 0.1) is 26.5 Å². The Morgan fingerprint density at radius 2 is 2.21 bits per heavy atom. The first-order valence-corrected chi connectivity index (χ1v) is 7.97. The third-order valence-electron chi connectivity index (χ3n) is 4.10. The van der Waals surface area contributed by atoms with E-state index in [1.54, 1.807) is 13.3 Å². The highest BCUT2D eigenvalue weighted by Gasteiger charge is 2.11. The molecule has 122 valence electrons. The molecular weight excluding hydrogens is 304 g/mol. The van der Waals surface area contributed by atoms with Gasteiger partial charge in [0.2, 0.25) is 5.88 Å². The maximum absolute atomic E-state index is 5.66. The molecule has 0 amide bonds. The van der Waals surface area contributed by atoms with E-state index in [9.17, 15) is 0 Å². The molecule has 3 aromatic rings. The maximum atomic E-state index is 5.66. The number of benzene rings is 1. The Hall–Kier alpha value is -2.89. The molecule has 4 rings (SSSR count). The van der Waals surface area contributed by atoms with Gasteiger partial charge in [0.25, 0.3) is 0 Å². The summed E-state index contributed by atoms with van der Waals surface area (Å²) in [5.74, 6) is 1.59. The van der Waals surface area contributed by atoms with Crippen molar-refractivity contribution in [1.82, 2.24) is 20.0 Å². The number of nitrogens with zero attached hydrogens (tertiary/aromatic N) is 4. The first-order chi connectivity index (χ1) is 11.8. The van der Waals surface area contributed by atoms with Gasteiger partial charge in [-0.05, 0) is 36.1 Å². The predicted octanol–water partition coefficient (Wildman–Crippen LogP) is 2.72. The second kappa shape index (κ2) is 6.31. The highest BCUT2D eigenvalue weighted by atomic mass is 16.5. The Labute approximate surface area is 140 Å². The largest absolute Gasteiger partial charge is 0.493 e. The van der Waals surface area contributed by atoms with E-state index < -0.39 is 0 Å². The molecule has 3 heterocycles. The molecule has 1 aromatic carbocycles. The fraction of sp³-hybridized carbons (Fsp3) is 0.278. The first-order valence-electron chi connectivity index (χ1n) is 7.97. The highest BCUT2D eigenvalue weighted by Crippen LogP contribution is 2.26. The van der Waals surface area contributed by atoms with Crippen molar-refractivity contribution < 1.29 is 9.47 Å². The molecule has 6 nitrogen and oxygen atoms in total. The standard InChI is InChI=1S/C18H18N4O2/c1-23-18-7-5-15(10-19-18)16-12-22(21-20-16)11-13-4-6-17-14(9-13)3-2-8-24-17/h4-7,9-10,12H,2-3,8,11H2,1H3. The minimum atomic E-state index is 0.586. The molecule has 0 N–H and O–H groups in total. The summed E-state index contributed by atoms with van der Waals surface area (Å²) < 4.78 is 12.6. The van der Waals surface area contributed by atoms with Gasteiger partial charge in [-0.15, -0.1) is 5.10 Å². The van der Waals surface area contributed by atoms with Crippen molar-refractivity contribution in [2.75, 3.05) is 13.7 Å². The van der Waals surface area contributed by atoms with E-state index in [4.69, 9.17) is 9.47 Å². The summed E-state index contributed by atoms with van der Waals surface area (Å²) in [5.41, 5.74) is 4.19. The molecule has 0 bridgehead atoms. The van der Waals surface area contributed by atoms with Gasteiger partial charge < -0.3 is 9.47 Å². The maximum Gasteiger partial charge on any atom is 0.212 e. The predicted molar refractivity (Wildman–Crippen MR) is 89.2 cm³/mol. The van der Waals surface area contributed by atoms with Crippen molar-refractivity contribution in [3.8, 4) is 22.9 Å². The van der Waals surface area contributed by atoms with Gasteiger partial charge in [-0.3, -0.25) is 0 Å². The zero-order valence-corrected chi connectivity index (χ0v) is 13.5. The first kappa shape index (κ1) is 14.7. The van der Waals surface area contributed by atoms with Crippen molar-refractivity contribution in [1.29, 1.82) is 0 Å². The highest BCUT2D eigenvalue weighted by molar-refractivity contribution is 5.56. The van der Waals surface area contributed by atoms with Crippen LogP contribution in [0.3, 0.4) is 0 Å². The molecule has 0 radical (unpaired) electrons. The summed E-state index contributed by atoms with van der Waals surface area (Å²) in [6.45, 7) is 1.50. The summed E-state index contributed by atoms with van der Waals surface area (Å²) in [7, 11) is 1.60.